The second kappa shape index (κ2) is 13.9. The summed E-state index contributed by atoms with van der Waals surface area (Å²) in [6.45, 7) is -8.95. The minimum atomic E-state index is -4.31. The van der Waals surface area contributed by atoms with E-state index in [9.17, 15) is 19.7 Å². The van der Waals surface area contributed by atoms with Gasteiger partial charge in [0.2, 0.25) is 0 Å². The molecule has 22 heteroatoms. The molecule has 3 fully saturated rings. The van der Waals surface area contributed by atoms with Crippen LogP contribution in [0, 0.1) is 0 Å². The van der Waals surface area contributed by atoms with E-state index in [0.29, 0.717) is 36.1 Å². The number of aliphatic hydroxyl groups is 2. The molecule has 8 rings (SSSR count). The van der Waals surface area contributed by atoms with Crippen LogP contribution < -0.4 is 11.5 Å². The van der Waals surface area contributed by atoms with Crippen molar-refractivity contribution in [2.24, 2.45) is 5.73 Å². The van der Waals surface area contributed by atoms with E-state index in [1.807, 2.05) is 6.20 Å². The molecule has 0 spiro atoms. The smallest absolute Gasteiger partial charge is 0.386 e. The molecule has 4 aliphatic rings. The van der Waals surface area contributed by atoms with Gasteiger partial charge in [0.25, 0.3) is 0 Å². The summed E-state index contributed by atoms with van der Waals surface area (Å²) in [5.74, 6) is 0.233. The van der Waals surface area contributed by atoms with Crippen LogP contribution in [-0.2, 0) is 63.2 Å². The predicted molar refractivity (Wildman–Crippen MR) is 188 cm³/mol. The molecule has 4 aromatic rings. The Morgan fingerprint density at radius 3 is 2.41 bits per heavy atom. The van der Waals surface area contributed by atoms with Crippen molar-refractivity contribution in [3.8, 4) is 0 Å². The van der Waals surface area contributed by atoms with Crippen molar-refractivity contribution in [1.82, 2.24) is 29.1 Å². The Kier molecular flexibility index (Phi) is 9.80. The Labute approximate surface area is 301 Å². The van der Waals surface area contributed by atoms with Gasteiger partial charge in [-0.3, -0.25) is 13.6 Å². The van der Waals surface area contributed by atoms with Gasteiger partial charge in [-0.25, -0.2) is 24.5 Å². The topological polar surface area (TPSA) is 247 Å². The van der Waals surface area contributed by atoms with Crippen molar-refractivity contribution in [3.05, 3.63) is 41.9 Å². The van der Waals surface area contributed by atoms with Crippen LogP contribution in [0.1, 0.15) is 48.5 Å². The summed E-state index contributed by atoms with van der Waals surface area (Å²) >= 11 is 9.62. The van der Waals surface area contributed by atoms with E-state index in [1.54, 1.807) is 15.3 Å². The quantitative estimate of drug-likeness (QED) is 0.125. The maximum atomic E-state index is 13.9. The molecule has 7 N–H and O–H groups in total. The van der Waals surface area contributed by atoms with Gasteiger partial charge in [-0.1, -0.05) is 12.2 Å². The molecule has 0 radical (unpaired) electrons. The maximum Gasteiger partial charge on any atom is 0.386 e. The number of nitrogens with zero attached hydrogens (tertiary/aromatic N) is 6. The fraction of sp³-hybridized carbons (Fsp3) is 0.586. The van der Waals surface area contributed by atoms with Crippen molar-refractivity contribution in [1.29, 1.82) is 0 Å². The van der Waals surface area contributed by atoms with Crippen molar-refractivity contribution in [3.63, 3.8) is 0 Å². The molecule has 0 amide bonds. The number of thiol groups is 1. The summed E-state index contributed by atoms with van der Waals surface area (Å²) < 4.78 is 53.0. The van der Waals surface area contributed by atoms with E-state index in [-0.39, 0.29) is 5.82 Å². The van der Waals surface area contributed by atoms with Gasteiger partial charge >= 0.3 is 13.5 Å². The van der Waals surface area contributed by atoms with Gasteiger partial charge in [0.1, 0.15) is 66.4 Å². The van der Waals surface area contributed by atoms with Gasteiger partial charge in [-0.05, 0) is 68.0 Å². The number of rotatable bonds is 5. The Bertz CT molecular complexity index is 2050. The molecule has 51 heavy (non-hydrogen) atoms. The van der Waals surface area contributed by atoms with Crippen molar-refractivity contribution < 1.29 is 47.2 Å². The van der Waals surface area contributed by atoms with Crippen molar-refractivity contribution in [2.45, 2.75) is 87.6 Å². The monoisotopic (exact) mass is 784 g/mol. The summed E-state index contributed by atoms with van der Waals surface area (Å²) in [4.78, 5) is 28.8. The number of aryl methyl sites for hydroxylation is 3. The van der Waals surface area contributed by atoms with Gasteiger partial charge < -0.3 is 49.7 Å². The lowest BCUT2D eigenvalue weighted by Crippen LogP contribution is -2.36. The van der Waals surface area contributed by atoms with Crippen LogP contribution in [0.2, 0.25) is 0 Å². The second-order valence-corrected chi connectivity index (χ2v) is 18.6. The SMILES string of the molecule is NCCCc1cn([C@@H]2O[C@@H]3COP(O)(=S)O[C@H]4[C@@H](O)[C@H](n5cc6c7c(ncnc75)CCCC6)O[C@@H]4COP(=O)(S)O[C@@H]2[C@@H]3O)c2ncnc(N)c12. The minimum absolute atomic E-state index is 0.233. The first-order valence-electron chi connectivity index (χ1n) is 16.6. The lowest BCUT2D eigenvalue weighted by Gasteiger charge is -2.27. The van der Waals surface area contributed by atoms with Crippen LogP contribution in [0.3, 0.4) is 0 Å². The zero-order valence-corrected chi connectivity index (χ0v) is 30.6. The van der Waals surface area contributed by atoms with Crippen LogP contribution in [0.25, 0.3) is 22.1 Å². The number of nitrogen functional groups attached to an aromatic ring is 1. The summed E-state index contributed by atoms with van der Waals surface area (Å²) in [6.07, 6.45) is 1.13. The molecular formula is C29H38N8O10P2S2. The average Bonchev–Trinajstić information content (AvgIpc) is 3.78. The highest BCUT2D eigenvalue weighted by Gasteiger charge is 2.53. The van der Waals surface area contributed by atoms with Crippen LogP contribution in [0.4, 0.5) is 5.82 Å². The van der Waals surface area contributed by atoms with E-state index in [0.717, 1.165) is 47.9 Å². The number of anilines is 1. The first-order chi connectivity index (χ1) is 24.4. The predicted octanol–water partition coefficient (Wildman–Crippen LogP) is 1.82. The highest BCUT2D eigenvalue weighted by Crippen LogP contribution is 2.58. The van der Waals surface area contributed by atoms with Crippen LogP contribution in [-0.4, -0.2) is 101 Å². The van der Waals surface area contributed by atoms with E-state index in [2.05, 4.69) is 32.2 Å². The zero-order valence-electron chi connectivity index (χ0n) is 27.1. The molecule has 10 atom stereocenters. The van der Waals surface area contributed by atoms with Crippen LogP contribution >= 0.6 is 25.8 Å². The van der Waals surface area contributed by atoms with Gasteiger partial charge in [-0.2, -0.15) is 0 Å². The van der Waals surface area contributed by atoms with Crippen molar-refractivity contribution in [2.75, 3.05) is 25.5 Å². The Balaban J connectivity index is 1.11. The summed E-state index contributed by atoms with van der Waals surface area (Å²) in [6, 6.07) is 0. The third kappa shape index (κ3) is 6.67. The molecule has 2 bridgehead atoms. The maximum absolute atomic E-state index is 13.9. The standard InChI is InChI=1S/C29H38N8O10P2S2/c30-7-3-5-15-9-37(27-20(15)25(31)33-13-35-27)29-24-21(38)17(44-29)10-42-48(40,50)46-23-18(11-43-49(41,51)47-24)45-28(22(23)39)36-8-14-4-1-2-6-16-19(14)26(36)34-12-32-16/h8-9,12-13,17-18,21-24,28-29,38-39H,1-7,10-11,30H2,(H,40,50)(H,41,51)(H2,31,33,35)/t17-,18-,21-,22-,23-,24-,28-,29-,48?,49?/m1/s1. The third-order valence-corrected chi connectivity index (χ3v) is 12.9. The molecule has 3 saturated heterocycles. The largest absolute Gasteiger partial charge is 0.387 e. The van der Waals surface area contributed by atoms with Crippen LogP contribution in [0.5, 0.6) is 0 Å². The number of nitrogens with two attached hydrogens (primary N) is 2. The second-order valence-electron chi connectivity index (χ2n) is 13.0. The molecular weight excluding hydrogens is 746 g/mol. The number of fused-ring (bicyclic) bond motifs is 4. The Morgan fingerprint density at radius 2 is 1.61 bits per heavy atom. The molecule has 18 nitrogen and oxygen atoms in total. The van der Waals surface area contributed by atoms with Crippen molar-refractivity contribution >= 4 is 65.5 Å². The number of aliphatic hydroxyl groups excluding tert-OH is 2. The Morgan fingerprint density at radius 1 is 0.902 bits per heavy atom. The van der Waals surface area contributed by atoms with Gasteiger partial charge in [0.05, 0.1) is 24.3 Å². The molecule has 1 aliphatic carbocycles. The van der Waals surface area contributed by atoms with E-state index >= 15 is 0 Å². The van der Waals surface area contributed by atoms with E-state index in [4.69, 9.17) is 50.8 Å². The summed E-state index contributed by atoms with van der Waals surface area (Å²) in [5.41, 5.74) is 15.7. The van der Waals surface area contributed by atoms with Crippen LogP contribution in [0.15, 0.2) is 25.0 Å². The third-order valence-electron chi connectivity index (χ3n) is 9.73. The number of aromatic nitrogens is 6. The molecule has 0 saturated carbocycles. The summed E-state index contributed by atoms with van der Waals surface area (Å²) in [7, 11) is 0. The highest BCUT2D eigenvalue weighted by molar-refractivity contribution is 8.44. The molecule has 0 aromatic carbocycles. The summed E-state index contributed by atoms with van der Waals surface area (Å²) in [5, 5.41) is 24.6. The molecule has 7 heterocycles. The number of hydrogen-bond donors (Lipinski definition) is 6. The van der Waals surface area contributed by atoms with E-state index < -0.39 is 75.8 Å². The fourth-order valence-corrected chi connectivity index (χ4v) is 10.3. The molecule has 4 aromatic heterocycles. The lowest BCUT2D eigenvalue weighted by atomic mass is 10.1. The number of ether oxygens (including phenoxy) is 2. The van der Waals surface area contributed by atoms with Gasteiger partial charge in [-0.15, -0.1) is 0 Å². The first kappa shape index (κ1) is 35.9. The zero-order chi connectivity index (χ0) is 35.7. The fourth-order valence-electron chi connectivity index (χ4n) is 7.38. The molecule has 276 valence electrons. The number of hydrogen-bond acceptors (Lipinski definition) is 16. The highest BCUT2D eigenvalue weighted by atomic mass is 32.7. The molecule has 3 aliphatic heterocycles. The molecule has 2 unspecified atom stereocenters. The van der Waals surface area contributed by atoms with E-state index in [1.165, 1.54) is 12.7 Å². The van der Waals surface area contributed by atoms with Gasteiger partial charge in [0.15, 0.2) is 12.5 Å². The normalized spacial score (nSPS) is 36.0. The Hall–Kier alpha value is -2.13. The first-order valence-corrected chi connectivity index (χ1v) is 21.8. The van der Waals surface area contributed by atoms with Gasteiger partial charge in [0, 0.05) is 17.8 Å². The lowest BCUT2D eigenvalue weighted by molar-refractivity contribution is -0.0586. The minimum Gasteiger partial charge on any atom is -0.387 e. The average molecular weight is 785 g/mol.